The third-order valence-electron chi connectivity index (χ3n) is 5.74. The number of amides is 1. The van der Waals surface area contributed by atoms with Gasteiger partial charge in [-0.1, -0.05) is 108 Å². The lowest BCUT2D eigenvalue weighted by atomic mass is 9.92. The van der Waals surface area contributed by atoms with Gasteiger partial charge in [-0.2, -0.15) is 0 Å². The molecule has 0 aliphatic heterocycles. The second-order valence-electron chi connectivity index (χ2n) is 8.34. The van der Waals surface area contributed by atoms with Crippen LogP contribution >= 0.6 is 0 Å². The van der Waals surface area contributed by atoms with Crippen LogP contribution in [0.25, 0.3) is 0 Å². The summed E-state index contributed by atoms with van der Waals surface area (Å²) in [6, 6.07) is 6.72. The van der Waals surface area contributed by atoms with Crippen LogP contribution in [0.3, 0.4) is 0 Å². The third kappa shape index (κ3) is 8.25. The standard InChI is InChI=1S/C26H37NO3/c1-2-3-4-5-6-7-8-9-10-11-12-13-14-19-25(29)27-23-20-24(28)21-17-15-16-18-22(21)26(23)30/h15-18,20H,2-14,19H2,1H3,(H,27,29). The Morgan fingerprint density at radius 1 is 0.733 bits per heavy atom. The summed E-state index contributed by atoms with van der Waals surface area (Å²) in [6.07, 6.45) is 18.0. The van der Waals surface area contributed by atoms with Crippen molar-refractivity contribution in [3.8, 4) is 0 Å². The predicted molar refractivity (Wildman–Crippen MR) is 122 cm³/mol. The van der Waals surface area contributed by atoms with E-state index in [9.17, 15) is 14.4 Å². The molecule has 0 saturated heterocycles. The molecule has 4 heteroatoms. The van der Waals surface area contributed by atoms with E-state index in [1.807, 2.05) is 0 Å². The number of ketones is 2. The normalized spacial score (nSPS) is 13.2. The largest absolute Gasteiger partial charge is 0.323 e. The van der Waals surface area contributed by atoms with Crippen molar-refractivity contribution in [1.82, 2.24) is 5.32 Å². The maximum absolute atomic E-state index is 12.5. The zero-order valence-corrected chi connectivity index (χ0v) is 18.5. The number of carbonyl (C=O) groups is 3. The van der Waals surface area contributed by atoms with Crippen molar-refractivity contribution in [2.45, 2.75) is 96.8 Å². The molecule has 4 nitrogen and oxygen atoms in total. The summed E-state index contributed by atoms with van der Waals surface area (Å²) in [6.45, 7) is 2.25. The summed E-state index contributed by atoms with van der Waals surface area (Å²) in [5, 5.41) is 2.64. The molecule has 1 amide bonds. The Bertz CT molecular complexity index is 736. The number of rotatable bonds is 15. The van der Waals surface area contributed by atoms with Gasteiger partial charge in [0.1, 0.15) is 0 Å². The molecule has 0 atom stereocenters. The molecule has 0 heterocycles. The maximum atomic E-state index is 12.5. The van der Waals surface area contributed by atoms with Crippen molar-refractivity contribution >= 4 is 17.5 Å². The van der Waals surface area contributed by atoms with E-state index < -0.39 is 0 Å². The van der Waals surface area contributed by atoms with Crippen LogP contribution in [-0.2, 0) is 4.79 Å². The molecule has 1 aliphatic carbocycles. The van der Waals surface area contributed by atoms with Gasteiger partial charge in [0.05, 0.1) is 5.70 Å². The molecule has 1 aliphatic rings. The number of Topliss-reactive ketones (excluding diaryl/α,β-unsaturated/α-hetero) is 1. The van der Waals surface area contributed by atoms with E-state index in [1.54, 1.807) is 24.3 Å². The minimum atomic E-state index is -0.288. The molecule has 2 rings (SSSR count). The zero-order valence-electron chi connectivity index (χ0n) is 18.5. The van der Waals surface area contributed by atoms with E-state index in [0.717, 1.165) is 19.3 Å². The second kappa shape index (κ2) is 13.9. The van der Waals surface area contributed by atoms with Gasteiger partial charge < -0.3 is 5.32 Å². The van der Waals surface area contributed by atoms with Crippen LogP contribution in [0.4, 0.5) is 0 Å². The fourth-order valence-corrected chi connectivity index (χ4v) is 3.92. The van der Waals surface area contributed by atoms with E-state index in [4.69, 9.17) is 0 Å². The number of hydrogen-bond acceptors (Lipinski definition) is 3. The van der Waals surface area contributed by atoms with Gasteiger partial charge in [0, 0.05) is 23.6 Å². The van der Waals surface area contributed by atoms with Gasteiger partial charge in [-0.3, -0.25) is 14.4 Å². The third-order valence-corrected chi connectivity index (χ3v) is 5.74. The first-order chi connectivity index (χ1) is 14.6. The summed E-state index contributed by atoms with van der Waals surface area (Å²) in [5.74, 6) is -0.713. The lowest BCUT2D eigenvalue weighted by Crippen LogP contribution is -2.31. The summed E-state index contributed by atoms with van der Waals surface area (Å²) in [5.41, 5.74) is 0.858. The molecule has 0 spiro atoms. The first kappa shape index (κ1) is 24.0. The minimum Gasteiger partial charge on any atom is -0.323 e. The van der Waals surface area contributed by atoms with Crippen LogP contribution in [0.2, 0.25) is 0 Å². The van der Waals surface area contributed by atoms with Crippen LogP contribution in [0.1, 0.15) is 118 Å². The second-order valence-corrected chi connectivity index (χ2v) is 8.34. The molecule has 0 aromatic heterocycles. The van der Waals surface area contributed by atoms with Crippen LogP contribution in [0.5, 0.6) is 0 Å². The van der Waals surface area contributed by atoms with E-state index in [0.29, 0.717) is 17.5 Å². The topological polar surface area (TPSA) is 63.2 Å². The molecule has 0 bridgehead atoms. The molecule has 1 aromatic rings. The highest BCUT2D eigenvalue weighted by Gasteiger charge is 2.25. The summed E-state index contributed by atoms with van der Waals surface area (Å²) >= 11 is 0. The highest BCUT2D eigenvalue weighted by molar-refractivity contribution is 6.25. The number of unbranched alkanes of at least 4 members (excludes halogenated alkanes) is 12. The van der Waals surface area contributed by atoms with Crippen molar-refractivity contribution in [2.24, 2.45) is 0 Å². The van der Waals surface area contributed by atoms with Crippen LogP contribution in [-0.4, -0.2) is 17.5 Å². The Labute approximate surface area is 181 Å². The fraction of sp³-hybridized carbons (Fsp3) is 0.577. The number of fused-ring (bicyclic) bond motifs is 1. The molecule has 0 unspecified atom stereocenters. The van der Waals surface area contributed by atoms with Crippen LogP contribution in [0, 0.1) is 0 Å². The molecule has 0 saturated carbocycles. The van der Waals surface area contributed by atoms with E-state index >= 15 is 0 Å². The number of benzene rings is 1. The van der Waals surface area contributed by atoms with E-state index in [1.165, 1.54) is 70.3 Å². The molecule has 1 N–H and O–H groups in total. The highest BCUT2D eigenvalue weighted by Crippen LogP contribution is 2.20. The lowest BCUT2D eigenvalue weighted by molar-refractivity contribution is -0.120. The molecule has 30 heavy (non-hydrogen) atoms. The van der Waals surface area contributed by atoms with Gasteiger partial charge >= 0.3 is 0 Å². The van der Waals surface area contributed by atoms with E-state index in [-0.39, 0.29) is 23.2 Å². The Morgan fingerprint density at radius 3 is 1.80 bits per heavy atom. The molecule has 0 radical (unpaired) electrons. The smallest absolute Gasteiger partial charge is 0.224 e. The van der Waals surface area contributed by atoms with Gasteiger partial charge in [-0.25, -0.2) is 0 Å². The first-order valence-corrected chi connectivity index (χ1v) is 11.8. The van der Waals surface area contributed by atoms with Crippen molar-refractivity contribution in [3.63, 3.8) is 0 Å². The average Bonchev–Trinajstić information content (AvgIpc) is 2.75. The minimum absolute atomic E-state index is 0.0957. The highest BCUT2D eigenvalue weighted by atomic mass is 16.2. The number of nitrogens with one attached hydrogen (secondary N) is 1. The first-order valence-electron chi connectivity index (χ1n) is 11.8. The summed E-state index contributed by atoms with van der Waals surface area (Å²) < 4.78 is 0. The summed E-state index contributed by atoms with van der Waals surface area (Å²) in [4.78, 5) is 36.7. The van der Waals surface area contributed by atoms with Crippen molar-refractivity contribution in [3.05, 3.63) is 47.2 Å². The molecule has 1 aromatic carbocycles. The number of hydrogen-bond donors (Lipinski definition) is 1. The Balaban J connectivity index is 1.51. The number of allylic oxidation sites excluding steroid dienone is 2. The Hall–Kier alpha value is -2.23. The molecule has 164 valence electrons. The number of carbonyl (C=O) groups excluding carboxylic acids is 3. The van der Waals surface area contributed by atoms with Crippen molar-refractivity contribution in [2.75, 3.05) is 0 Å². The van der Waals surface area contributed by atoms with Gasteiger partial charge in [0.15, 0.2) is 5.78 Å². The molecular weight excluding hydrogens is 374 g/mol. The zero-order chi connectivity index (χ0) is 21.6. The Morgan fingerprint density at radius 2 is 1.23 bits per heavy atom. The average molecular weight is 412 g/mol. The van der Waals surface area contributed by atoms with Crippen LogP contribution in [0.15, 0.2) is 36.0 Å². The van der Waals surface area contributed by atoms with Crippen molar-refractivity contribution < 1.29 is 14.4 Å². The predicted octanol–water partition coefficient (Wildman–Crippen LogP) is 6.55. The fourth-order valence-electron chi connectivity index (χ4n) is 3.92. The van der Waals surface area contributed by atoms with E-state index in [2.05, 4.69) is 12.2 Å². The van der Waals surface area contributed by atoms with Crippen LogP contribution < -0.4 is 5.32 Å². The SMILES string of the molecule is CCCCCCCCCCCCCCCC(=O)NC1=CC(=O)c2ccccc2C1=O. The molecule has 0 fully saturated rings. The summed E-state index contributed by atoms with van der Waals surface area (Å²) in [7, 11) is 0. The van der Waals surface area contributed by atoms with Gasteiger partial charge in [0.25, 0.3) is 0 Å². The van der Waals surface area contributed by atoms with Gasteiger partial charge in [0.2, 0.25) is 11.7 Å². The van der Waals surface area contributed by atoms with Gasteiger partial charge in [-0.15, -0.1) is 0 Å². The monoisotopic (exact) mass is 411 g/mol. The van der Waals surface area contributed by atoms with Crippen molar-refractivity contribution in [1.29, 1.82) is 0 Å². The quantitative estimate of drug-likeness (QED) is 0.333. The Kier molecular flexibility index (Phi) is 11.1. The molecular formula is C26H37NO3. The lowest BCUT2D eigenvalue weighted by Gasteiger charge is -2.15. The van der Waals surface area contributed by atoms with Gasteiger partial charge in [-0.05, 0) is 6.42 Å². The maximum Gasteiger partial charge on any atom is 0.224 e.